The van der Waals surface area contributed by atoms with Crippen molar-refractivity contribution < 1.29 is 14.5 Å². The first-order valence-corrected chi connectivity index (χ1v) is 6.60. The topological polar surface area (TPSA) is 94.4 Å². The average Bonchev–Trinajstić information content (AvgIpc) is 2.53. The van der Waals surface area contributed by atoms with Crippen molar-refractivity contribution in [2.45, 2.75) is 6.54 Å². The number of methoxy groups -OCH3 is 1. The van der Waals surface area contributed by atoms with Gasteiger partial charge in [-0.05, 0) is 24.3 Å². The fourth-order valence-corrected chi connectivity index (χ4v) is 1.89. The van der Waals surface area contributed by atoms with E-state index in [1.807, 2.05) is 0 Å². The summed E-state index contributed by atoms with van der Waals surface area (Å²) >= 11 is 5.74. The summed E-state index contributed by atoms with van der Waals surface area (Å²) in [6, 6.07) is 7.34. The van der Waals surface area contributed by atoms with Gasteiger partial charge in [-0.15, -0.1) is 0 Å². The predicted octanol–water partition coefficient (Wildman–Crippen LogP) is 3.04. The quantitative estimate of drug-likeness (QED) is 0.516. The molecular weight excluding hydrogens is 310 g/mol. The summed E-state index contributed by atoms with van der Waals surface area (Å²) in [5, 5.41) is 14.4. The van der Waals surface area contributed by atoms with Gasteiger partial charge >= 0.3 is 5.97 Å². The fourth-order valence-electron chi connectivity index (χ4n) is 1.78. The highest BCUT2D eigenvalue weighted by Crippen LogP contribution is 2.26. The number of pyridine rings is 1. The zero-order valence-corrected chi connectivity index (χ0v) is 12.3. The Morgan fingerprint density at radius 3 is 2.77 bits per heavy atom. The zero-order chi connectivity index (χ0) is 16.1. The number of rotatable bonds is 5. The first-order valence-electron chi connectivity index (χ1n) is 6.22. The van der Waals surface area contributed by atoms with Crippen LogP contribution in [0.15, 0.2) is 36.5 Å². The molecule has 22 heavy (non-hydrogen) atoms. The van der Waals surface area contributed by atoms with E-state index in [1.54, 1.807) is 12.1 Å². The molecule has 1 aromatic carbocycles. The summed E-state index contributed by atoms with van der Waals surface area (Å²) in [6.45, 7) is 0.253. The number of nitro groups is 1. The highest BCUT2D eigenvalue weighted by molar-refractivity contribution is 6.30. The Labute approximate surface area is 131 Å². The molecule has 7 nitrogen and oxygen atoms in total. The normalized spacial score (nSPS) is 10.1. The number of benzene rings is 1. The number of anilines is 1. The van der Waals surface area contributed by atoms with Crippen LogP contribution < -0.4 is 5.32 Å². The molecular formula is C14H12ClN3O4. The van der Waals surface area contributed by atoms with Crippen molar-refractivity contribution in [3.8, 4) is 0 Å². The number of ether oxygens (including phenoxy) is 1. The molecule has 0 aliphatic heterocycles. The number of aromatic nitrogens is 1. The Hall–Kier alpha value is -2.67. The van der Waals surface area contributed by atoms with Crippen molar-refractivity contribution in [3.63, 3.8) is 0 Å². The number of hydrogen-bond acceptors (Lipinski definition) is 6. The molecule has 0 saturated heterocycles. The lowest BCUT2D eigenvalue weighted by atomic mass is 10.1. The number of halogens is 1. The molecule has 0 aliphatic rings. The molecule has 1 heterocycles. The number of esters is 1. The third-order valence-corrected chi connectivity index (χ3v) is 3.09. The maximum atomic E-state index is 11.5. The van der Waals surface area contributed by atoms with E-state index >= 15 is 0 Å². The number of nitro benzene ring substituents is 1. The van der Waals surface area contributed by atoms with E-state index in [2.05, 4.69) is 15.0 Å². The average molecular weight is 322 g/mol. The summed E-state index contributed by atoms with van der Waals surface area (Å²) in [5.41, 5.74) is 0.952. The Morgan fingerprint density at radius 1 is 1.41 bits per heavy atom. The van der Waals surface area contributed by atoms with E-state index < -0.39 is 10.9 Å². The highest BCUT2D eigenvalue weighted by atomic mass is 35.5. The van der Waals surface area contributed by atoms with Crippen LogP contribution >= 0.6 is 11.6 Å². The second-order valence-electron chi connectivity index (χ2n) is 4.30. The lowest BCUT2D eigenvalue weighted by Crippen LogP contribution is -2.07. The van der Waals surface area contributed by atoms with Gasteiger partial charge in [-0.3, -0.25) is 15.1 Å². The minimum Gasteiger partial charge on any atom is -0.465 e. The Bertz CT molecular complexity index is 704. The van der Waals surface area contributed by atoms with E-state index in [9.17, 15) is 14.9 Å². The van der Waals surface area contributed by atoms with Gasteiger partial charge in [0.2, 0.25) is 0 Å². The zero-order valence-electron chi connectivity index (χ0n) is 11.6. The number of nitrogens with zero attached hydrogens (tertiary/aromatic N) is 2. The molecule has 0 aliphatic carbocycles. The number of carbonyl (C=O) groups excluding carboxylic acids is 1. The smallest absolute Gasteiger partial charge is 0.337 e. The maximum Gasteiger partial charge on any atom is 0.337 e. The van der Waals surface area contributed by atoms with E-state index in [-0.39, 0.29) is 23.5 Å². The highest BCUT2D eigenvalue weighted by Gasteiger charge is 2.17. The van der Waals surface area contributed by atoms with Gasteiger partial charge in [0.05, 0.1) is 34.9 Å². The minimum atomic E-state index is -0.567. The lowest BCUT2D eigenvalue weighted by Gasteiger charge is -2.08. The molecule has 0 amide bonds. The van der Waals surface area contributed by atoms with Gasteiger partial charge in [-0.1, -0.05) is 11.6 Å². The molecule has 0 fully saturated rings. The summed E-state index contributed by atoms with van der Waals surface area (Å²) in [7, 11) is 1.24. The van der Waals surface area contributed by atoms with E-state index in [1.165, 1.54) is 31.5 Å². The van der Waals surface area contributed by atoms with Crippen LogP contribution in [-0.2, 0) is 11.3 Å². The predicted molar refractivity (Wildman–Crippen MR) is 81.0 cm³/mol. The van der Waals surface area contributed by atoms with Gasteiger partial charge in [0.15, 0.2) is 0 Å². The number of carbonyl (C=O) groups is 1. The van der Waals surface area contributed by atoms with Crippen LogP contribution in [0.3, 0.4) is 0 Å². The second kappa shape index (κ2) is 6.86. The third kappa shape index (κ3) is 3.70. The molecule has 8 heteroatoms. The summed E-state index contributed by atoms with van der Waals surface area (Å²) in [5.74, 6) is -0.567. The molecule has 0 atom stereocenters. The van der Waals surface area contributed by atoms with E-state index in [0.29, 0.717) is 10.7 Å². The van der Waals surface area contributed by atoms with Crippen molar-refractivity contribution in [2.24, 2.45) is 0 Å². The summed E-state index contributed by atoms with van der Waals surface area (Å²) in [6.07, 6.45) is 1.48. The molecule has 0 spiro atoms. The molecule has 2 aromatic rings. The van der Waals surface area contributed by atoms with Crippen LogP contribution in [0.2, 0.25) is 5.02 Å². The van der Waals surface area contributed by atoms with E-state index in [0.717, 1.165) is 0 Å². The monoisotopic (exact) mass is 321 g/mol. The second-order valence-corrected chi connectivity index (χ2v) is 4.74. The van der Waals surface area contributed by atoms with Crippen molar-refractivity contribution in [1.82, 2.24) is 4.98 Å². The molecule has 0 bridgehead atoms. The lowest BCUT2D eigenvalue weighted by molar-refractivity contribution is -0.384. The van der Waals surface area contributed by atoms with Crippen LogP contribution in [0.1, 0.15) is 16.1 Å². The minimum absolute atomic E-state index is 0.137. The molecule has 114 valence electrons. The third-order valence-electron chi connectivity index (χ3n) is 2.86. The van der Waals surface area contributed by atoms with Gasteiger partial charge in [-0.25, -0.2) is 4.79 Å². The number of hydrogen-bond donors (Lipinski definition) is 1. The first-order chi connectivity index (χ1) is 10.5. The van der Waals surface area contributed by atoms with Gasteiger partial charge in [-0.2, -0.15) is 0 Å². The largest absolute Gasteiger partial charge is 0.465 e. The summed E-state index contributed by atoms with van der Waals surface area (Å²) in [4.78, 5) is 26.1. The number of nitrogens with one attached hydrogen (secondary N) is 1. The Kier molecular flexibility index (Phi) is 4.90. The van der Waals surface area contributed by atoms with Crippen molar-refractivity contribution in [3.05, 3.63) is 62.9 Å². The van der Waals surface area contributed by atoms with Gasteiger partial charge in [0, 0.05) is 12.3 Å². The molecule has 0 radical (unpaired) electrons. The first kappa shape index (κ1) is 15.7. The van der Waals surface area contributed by atoms with Crippen LogP contribution in [0.25, 0.3) is 0 Å². The van der Waals surface area contributed by atoms with Crippen LogP contribution in [0.5, 0.6) is 0 Å². The molecule has 0 saturated carbocycles. The van der Waals surface area contributed by atoms with Crippen molar-refractivity contribution >= 4 is 28.9 Å². The van der Waals surface area contributed by atoms with Crippen molar-refractivity contribution in [2.75, 3.05) is 12.4 Å². The van der Waals surface area contributed by atoms with Crippen molar-refractivity contribution in [1.29, 1.82) is 0 Å². The van der Waals surface area contributed by atoms with Gasteiger partial charge < -0.3 is 10.1 Å². The van der Waals surface area contributed by atoms with Crippen LogP contribution in [0, 0.1) is 10.1 Å². The Morgan fingerprint density at radius 2 is 2.18 bits per heavy atom. The molecule has 1 aromatic heterocycles. The SMILES string of the molecule is COC(=O)c1ccc([N+](=O)[O-])c(NCc2ccc(Cl)cn2)c1. The maximum absolute atomic E-state index is 11.5. The standard InChI is InChI=1S/C14H12ClN3O4/c1-22-14(19)9-2-5-13(18(20)21)12(6-9)17-8-11-4-3-10(15)7-16-11/h2-7,17H,8H2,1H3. The van der Waals surface area contributed by atoms with Crippen LogP contribution in [0.4, 0.5) is 11.4 Å². The van der Waals surface area contributed by atoms with E-state index in [4.69, 9.17) is 11.6 Å². The van der Waals surface area contributed by atoms with Gasteiger partial charge in [0.1, 0.15) is 5.69 Å². The Balaban J connectivity index is 2.24. The fraction of sp³-hybridized carbons (Fsp3) is 0.143. The molecule has 1 N–H and O–H groups in total. The van der Waals surface area contributed by atoms with Crippen LogP contribution in [-0.4, -0.2) is 23.0 Å². The van der Waals surface area contributed by atoms with Gasteiger partial charge in [0.25, 0.3) is 5.69 Å². The molecule has 0 unspecified atom stereocenters. The molecule has 2 rings (SSSR count). The summed E-state index contributed by atoms with van der Waals surface area (Å²) < 4.78 is 4.60.